The van der Waals surface area contributed by atoms with Crippen LogP contribution in [0.3, 0.4) is 0 Å². The van der Waals surface area contributed by atoms with Crippen LogP contribution in [0, 0.1) is 0 Å². The Balaban J connectivity index is 4.52. The Morgan fingerprint density at radius 2 is 0.694 bits per heavy atom. The third-order valence-corrected chi connectivity index (χ3v) is 10.1. The van der Waals surface area contributed by atoms with E-state index in [1.807, 2.05) is 36.5 Å². The molecule has 0 bridgehead atoms. The molecule has 0 aliphatic heterocycles. The quantitative estimate of drug-likeness (QED) is 0.0200. The predicted molar refractivity (Wildman–Crippen MR) is 265 cm³/mol. The zero-order valence-electron chi connectivity index (χ0n) is 39.8. The summed E-state index contributed by atoms with van der Waals surface area (Å²) in [6.45, 7) is 6.40. The van der Waals surface area contributed by atoms with Gasteiger partial charge in [0.05, 0.1) is 0 Å². The van der Waals surface area contributed by atoms with Crippen LogP contribution in [-0.2, 0) is 28.6 Å². The number of carbonyl (C=O) groups is 3. The van der Waals surface area contributed by atoms with Crippen LogP contribution in [-0.4, -0.2) is 37.2 Å². The number of hydrogen-bond donors (Lipinski definition) is 0. The second kappa shape index (κ2) is 49.7. The lowest BCUT2D eigenvalue weighted by atomic mass is 10.1. The molecule has 0 aromatic carbocycles. The van der Waals surface area contributed by atoms with Crippen LogP contribution in [0.25, 0.3) is 0 Å². The second-order valence-electron chi connectivity index (χ2n) is 16.1. The smallest absolute Gasteiger partial charge is 0.306 e. The molecule has 0 spiro atoms. The van der Waals surface area contributed by atoms with Gasteiger partial charge in [-0.1, -0.05) is 207 Å². The van der Waals surface area contributed by atoms with E-state index >= 15 is 0 Å². The Morgan fingerprint density at radius 3 is 1.21 bits per heavy atom. The molecule has 0 aliphatic carbocycles. The zero-order chi connectivity index (χ0) is 45.1. The minimum atomic E-state index is -0.826. The predicted octanol–water partition coefficient (Wildman–Crippen LogP) is 16.4. The van der Waals surface area contributed by atoms with Crippen LogP contribution in [0.2, 0.25) is 0 Å². The first kappa shape index (κ1) is 58.1. The largest absolute Gasteiger partial charge is 0.462 e. The maximum atomic E-state index is 12.7. The highest BCUT2D eigenvalue weighted by Crippen LogP contribution is 2.11. The normalized spacial score (nSPS) is 13.0. The summed E-state index contributed by atoms with van der Waals surface area (Å²) in [7, 11) is 0. The van der Waals surface area contributed by atoms with Crippen molar-refractivity contribution in [3.63, 3.8) is 0 Å². The second-order valence-corrected chi connectivity index (χ2v) is 16.1. The highest BCUT2D eigenvalue weighted by atomic mass is 16.6. The molecule has 0 saturated heterocycles. The molecule has 0 N–H and O–H groups in total. The van der Waals surface area contributed by atoms with E-state index in [0.29, 0.717) is 25.7 Å². The minimum Gasteiger partial charge on any atom is -0.462 e. The lowest BCUT2D eigenvalue weighted by Crippen LogP contribution is -2.30. The molecule has 6 heteroatoms. The van der Waals surface area contributed by atoms with Crippen molar-refractivity contribution in [2.45, 2.75) is 213 Å². The van der Waals surface area contributed by atoms with Crippen molar-refractivity contribution >= 4 is 17.9 Å². The van der Waals surface area contributed by atoms with Gasteiger partial charge >= 0.3 is 17.9 Å². The van der Waals surface area contributed by atoms with E-state index in [1.54, 1.807) is 0 Å². The number of unbranched alkanes of at least 4 members (excludes halogenated alkanes) is 18. The first-order chi connectivity index (χ1) is 30.5. The molecule has 6 nitrogen and oxygen atoms in total. The summed E-state index contributed by atoms with van der Waals surface area (Å²) in [6.07, 6.45) is 66.5. The van der Waals surface area contributed by atoms with Crippen LogP contribution in [0.15, 0.2) is 109 Å². The van der Waals surface area contributed by atoms with E-state index in [-0.39, 0.29) is 37.5 Å². The summed E-state index contributed by atoms with van der Waals surface area (Å²) in [5.74, 6) is -1.04. The van der Waals surface area contributed by atoms with E-state index in [0.717, 1.165) is 77.0 Å². The van der Waals surface area contributed by atoms with Gasteiger partial charge in [-0.25, -0.2) is 0 Å². The third-order valence-electron chi connectivity index (χ3n) is 10.1. The Kier molecular flexibility index (Phi) is 46.6. The van der Waals surface area contributed by atoms with E-state index in [4.69, 9.17) is 14.2 Å². The number of esters is 3. The van der Waals surface area contributed by atoms with Gasteiger partial charge in [0.25, 0.3) is 0 Å². The van der Waals surface area contributed by atoms with Crippen molar-refractivity contribution < 1.29 is 28.6 Å². The average Bonchev–Trinajstić information content (AvgIpc) is 3.27. The minimum absolute atomic E-state index is 0.122. The molecule has 1 unspecified atom stereocenters. The lowest BCUT2D eigenvalue weighted by molar-refractivity contribution is -0.167. The molecule has 0 amide bonds. The summed E-state index contributed by atoms with van der Waals surface area (Å²) >= 11 is 0. The summed E-state index contributed by atoms with van der Waals surface area (Å²) in [4.78, 5) is 37.8. The van der Waals surface area contributed by atoms with Crippen molar-refractivity contribution in [2.75, 3.05) is 13.2 Å². The monoisotopic (exact) mass is 859 g/mol. The molecule has 0 radical (unpaired) electrons. The third kappa shape index (κ3) is 47.1. The summed E-state index contributed by atoms with van der Waals surface area (Å²) in [5.41, 5.74) is 0. The van der Waals surface area contributed by atoms with E-state index in [1.165, 1.54) is 77.0 Å². The van der Waals surface area contributed by atoms with Crippen LogP contribution >= 0.6 is 0 Å². The maximum Gasteiger partial charge on any atom is 0.306 e. The fraction of sp³-hybridized carbons (Fsp3) is 0.625. The molecule has 350 valence electrons. The van der Waals surface area contributed by atoms with Gasteiger partial charge in [0.1, 0.15) is 13.2 Å². The molecule has 0 aromatic heterocycles. The molecule has 0 aromatic rings. The number of ether oxygens (including phenoxy) is 3. The van der Waals surface area contributed by atoms with Gasteiger partial charge in [-0.05, 0) is 89.9 Å². The van der Waals surface area contributed by atoms with Gasteiger partial charge < -0.3 is 14.2 Å². The van der Waals surface area contributed by atoms with Crippen LogP contribution in [0.1, 0.15) is 207 Å². The fourth-order valence-electron chi connectivity index (χ4n) is 6.31. The molecular weight excluding hydrogens is 769 g/mol. The zero-order valence-corrected chi connectivity index (χ0v) is 39.8. The van der Waals surface area contributed by atoms with Crippen molar-refractivity contribution in [1.82, 2.24) is 0 Å². The van der Waals surface area contributed by atoms with Crippen LogP contribution < -0.4 is 0 Å². The highest BCUT2D eigenvalue weighted by Gasteiger charge is 2.19. The van der Waals surface area contributed by atoms with E-state index < -0.39 is 6.10 Å². The summed E-state index contributed by atoms with van der Waals surface area (Å²) in [6, 6.07) is 0. The Hall–Kier alpha value is -3.93. The average molecular weight is 859 g/mol. The van der Waals surface area contributed by atoms with E-state index in [2.05, 4.69) is 93.7 Å². The Morgan fingerprint density at radius 1 is 0.339 bits per heavy atom. The van der Waals surface area contributed by atoms with Crippen molar-refractivity contribution in [3.8, 4) is 0 Å². The van der Waals surface area contributed by atoms with Gasteiger partial charge in [0, 0.05) is 19.3 Å². The lowest BCUT2D eigenvalue weighted by Gasteiger charge is -2.18. The SMILES string of the molecule is CCC\C=C/C=C\C=C/C=C\C=C/CCCCCCCC(=O)OCC(COC(=O)CCC/C=C\CCCCCC)OC(=O)CCC/C=C\C/C=C\C/C=C\CCCCCCCC. The van der Waals surface area contributed by atoms with Gasteiger partial charge in [-0.2, -0.15) is 0 Å². The van der Waals surface area contributed by atoms with Crippen LogP contribution in [0.4, 0.5) is 0 Å². The molecular formula is C56H90O6. The topological polar surface area (TPSA) is 78.9 Å². The summed E-state index contributed by atoms with van der Waals surface area (Å²) in [5, 5.41) is 0. The van der Waals surface area contributed by atoms with Gasteiger partial charge in [-0.3, -0.25) is 14.4 Å². The van der Waals surface area contributed by atoms with Gasteiger partial charge in [0.2, 0.25) is 0 Å². The fourth-order valence-corrected chi connectivity index (χ4v) is 6.31. The maximum absolute atomic E-state index is 12.7. The summed E-state index contributed by atoms with van der Waals surface area (Å²) < 4.78 is 16.6. The number of hydrogen-bond acceptors (Lipinski definition) is 6. The Bertz CT molecular complexity index is 1310. The molecule has 1 atom stereocenters. The molecule has 0 aliphatic rings. The first-order valence-corrected chi connectivity index (χ1v) is 25.0. The van der Waals surface area contributed by atoms with Crippen molar-refractivity contribution in [1.29, 1.82) is 0 Å². The van der Waals surface area contributed by atoms with Gasteiger partial charge in [0.15, 0.2) is 6.10 Å². The molecule has 0 rings (SSSR count). The number of rotatable bonds is 43. The van der Waals surface area contributed by atoms with Crippen LogP contribution in [0.5, 0.6) is 0 Å². The number of carbonyl (C=O) groups excluding carboxylic acids is 3. The molecule has 0 heterocycles. The molecule has 0 saturated carbocycles. The number of allylic oxidation sites excluding steroid dienone is 18. The van der Waals surface area contributed by atoms with Crippen molar-refractivity contribution in [3.05, 3.63) is 109 Å². The first-order valence-electron chi connectivity index (χ1n) is 25.0. The Labute approximate surface area is 380 Å². The van der Waals surface area contributed by atoms with Crippen molar-refractivity contribution in [2.24, 2.45) is 0 Å². The van der Waals surface area contributed by atoms with Gasteiger partial charge in [-0.15, -0.1) is 0 Å². The molecule has 0 fully saturated rings. The standard InChI is InChI=1S/C56H90O6/c1-4-7-10-13-16-19-21-23-25-27-29-30-32-34-37-40-43-46-49-55(58)61-52-53(51-60-54(57)48-45-42-39-36-18-15-12-9-6-3)62-56(59)50-47-44-41-38-35-33-31-28-26-24-22-20-17-14-11-8-5-2/h10,13,16,19,21,23-27,29-31,33,36,38-39,41,53H,4-9,11-12,14-15,17-18,20,22,28,32,34-35,37,40,42-52H2,1-3H3/b13-10-,19-16-,23-21-,26-24-,27-25-,30-29-,33-31-,39-36-,41-38-. The highest BCUT2D eigenvalue weighted by molar-refractivity contribution is 5.71. The molecule has 62 heavy (non-hydrogen) atoms. The van der Waals surface area contributed by atoms with E-state index in [9.17, 15) is 14.4 Å².